The van der Waals surface area contributed by atoms with Crippen molar-refractivity contribution in [3.63, 3.8) is 0 Å². The third-order valence-electron chi connectivity index (χ3n) is 9.41. The molecule has 1 fully saturated rings. The van der Waals surface area contributed by atoms with Crippen molar-refractivity contribution in [1.82, 2.24) is 9.97 Å². The van der Waals surface area contributed by atoms with E-state index in [1.165, 1.54) is 7.11 Å². The van der Waals surface area contributed by atoms with E-state index in [1.807, 2.05) is 31.2 Å². The molecule has 3 aliphatic heterocycles. The second-order valence-electron chi connectivity index (χ2n) is 11.4. The molecule has 1 unspecified atom stereocenters. The summed E-state index contributed by atoms with van der Waals surface area (Å²) >= 11 is 0. The monoisotopic (exact) mass is 558 g/mol. The predicted molar refractivity (Wildman–Crippen MR) is 162 cm³/mol. The van der Waals surface area contributed by atoms with Gasteiger partial charge in [0.25, 0.3) is 0 Å². The fourth-order valence-electron chi connectivity index (χ4n) is 6.82. The molecular weight excluding hydrogens is 525 g/mol. The minimum absolute atomic E-state index is 0. The molecule has 6 rings (SSSR count). The van der Waals surface area contributed by atoms with E-state index in [-0.39, 0.29) is 46.7 Å². The zero-order valence-corrected chi connectivity index (χ0v) is 26.2. The Morgan fingerprint density at radius 2 is 1.78 bits per heavy atom. The Kier molecular flexibility index (Phi) is 7.53. The Morgan fingerprint density at radius 3 is 2.44 bits per heavy atom. The van der Waals surface area contributed by atoms with Crippen molar-refractivity contribution in [2.45, 2.75) is 54.0 Å². The number of hydrogen-bond acceptors (Lipinski definition) is 3. The number of Topliss-reactive ketones (excluding diaryl/α,β-unsaturated/α-hetero) is 1. The molecule has 8 bridgehead atoms. The number of carbonyl (C=O) groups is 2. The van der Waals surface area contributed by atoms with Gasteiger partial charge in [0.05, 0.1) is 7.11 Å². The first-order chi connectivity index (χ1) is 19.1. The molecule has 0 N–H and O–H groups in total. The van der Waals surface area contributed by atoms with Crippen LogP contribution in [0.2, 0.25) is 0 Å². The van der Waals surface area contributed by atoms with E-state index in [4.69, 9.17) is 25.3 Å². The zero-order valence-electron chi connectivity index (χ0n) is 24.8. The van der Waals surface area contributed by atoms with E-state index in [1.54, 1.807) is 0 Å². The normalized spacial score (nSPS) is 29.0. The molecule has 1 saturated heterocycles. The number of aromatic nitrogens is 2. The third kappa shape index (κ3) is 4.21. The van der Waals surface area contributed by atoms with Crippen LogP contribution in [0.4, 0.5) is 0 Å². The van der Waals surface area contributed by atoms with Gasteiger partial charge in [0.15, 0.2) is 5.78 Å². The van der Waals surface area contributed by atoms with Gasteiger partial charge in [-0.1, -0.05) is 85.5 Å². The molecule has 0 amide bonds. The molecule has 2 aromatic heterocycles. The van der Waals surface area contributed by atoms with Crippen molar-refractivity contribution in [1.29, 1.82) is 0 Å². The molecule has 5 heterocycles. The topological polar surface area (TPSA) is 99.8 Å². The number of rotatable bonds is 3. The second-order valence-corrected chi connectivity index (χ2v) is 11.4. The number of esters is 1. The summed E-state index contributed by atoms with van der Waals surface area (Å²) in [6.07, 6.45) is 8.72. The van der Waals surface area contributed by atoms with E-state index < -0.39 is 17.8 Å². The van der Waals surface area contributed by atoms with E-state index >= 15 is 0 Å². The van der Waals surface area contributed by atoms with Crippen LogP contribution < -0.4 is 20.7 Å². The van der Waals surface area contributed by atoms with Crippen molar-refractivity contribution < 1.29 is 14.3 Å². The number of fused-ring (bicyclic) bond motifs is 8. The average Bonchev–Trinajstić information content (AvgIpc) is 3.66. The molecule has 8 heteroatoms. The quantitative estimate of drug-likeness (QED) is 0.323. The van der Waals surface area contributed by atoms with Gasteiger partial charge in [-0.25, -0.2) is 0 Å². The van der Waals surface area contributed by atoms with Crippen LogP contribution in [-0.4, -0.2) is 48.0 Å². The van der Waals surface area contributed by atoms with Crippen LogP contribution >= 0.6 is 0 Å². The Balaban J connectivity index is 0.00000337. The van der Waals surface area contributed by atoms with E-state index in [0.29, 0.717) is 11.3 Å². The number of ether oxygens (including phenoxy) is 1. The van der Waals surface area contributed by atoms with Gasteiger partial charge < -0.3 is 25.3 Å². The molecule has 7 nitrogen and oxygen atoms in total. The van der Waals surface area contributed by atoms with Crippen molar-refractivity contribution >= 4 is 59.1 Å². The molecule has 5 atom stereocenters. The van der Waals surface area contributed by atoms with Gasteiger partial charge in [-0.15, -0.1) is 33.5 Å². The maximum Gasteiger partial charge on any atom is 2.00 e. The summed E-state index contributed by atoms with van der Waals surface area (Å²) in [5, 5.41) is 11.9. The maximum absolute atomic E-state index is 13.8. The molecule has 0 aromatic carbocycles. The fraction of sp³-hybridized carbons (Fsp3) is 0.394. The SMILES string of the molecule is C=Cc1c2[n-]c(c1C)/C=C1\[N-]C(C3=C4[N-]C(=C(C)[C@H]4C(=O)[C@@H]3C(=O)OC)/C=c3\[n-]/c(c(C)c3CC)=C\2)[C@@H](C)[C@@H]1C.[Mg+2]. The minimum Gasteiger partial charge on any atom is -0.681 e. The summed E-state index contributed by atoms with van der Waals surface area (Å²) < 4.78 is 5.14. The van der Waals surface area contributed by atoms with Gasteiger partial charge in [0.1, 0.15) is 5.92 Å². The van der Waals surface area contributed by atoms with E-state index in [0.717, 1.165) is 67.7 Å². The average molecular weight is 559 g/mol. The molecule has 208 valence electrons. The smallest absolute Gasteiger partial charge is 0.681 e. The van der Waals surface area contributed by atoms with Gasteiger partial charge in [-0.2, -0.15) is 5.70 Å². The van der Waals surface area contributed by atoms with E-state index in [2.05, 4.69) is 41.2 Å². The Bertz CT molecular complexity index is 1720. The van der Waals surface area contributed by atoms with Crippen molar-refractivity contribution in [3.05, 3.63) is 89.8 Å². The number of hydrogen-bond donors (Lipinski definition) is 0. The van der Waals surface area contributed by atoms with Crippen molar-refractivity contribution in [3.8, 4) is 0 Å². The van der Waals surface area contributed by atoms with Crippen LogP contribution in [-0.2, 0) is 20.7 Å². The number of methoxy groups -OCH3 is 1. The summed E-state index contributed by atoms with van der Waals surface area (Å²) in [6, 6.07) is -0.365. The van der Waals surface area contributed by atoms with Gasteiger partial charge in [0, 0.05) is 5.92 Å². The summed E-state index contributed by atoms with van der Waals surface area (Å²) in [6.45, 7) is 16.5. The first kappa shape index (κ1) is 29.3. The Morgan fingerprint density at radius 1 is 1.05 bits per heavy atom. The van der Waals surface area contributed by atoms with Gasteiger partial charge in [-0.05, 0) is 44.6 Å². The molecule has 41 heavy (non-hydrogen) atoms. The molecule has 0 radical (unpaired) electrons. The van der Waals surface area contributed by atoms with Gasteiger partial charge in [-0.3, -0.25) is 9.59 Å². The predicted octanol–water partition coefficient (Wildman–Crippen LogP) is 3.94. The van der Waals surface area contributed by atoms with Crippen LogP contribution in [0.15, 0.2) is 34.8 Å². The van der Waals surface area contributed by atoms with Crippen LogP contribution in [0.1, 0.15) is 61.3 Å². The number of nitrogens with zero attached hydrogens (tertiary/aromatic N) is 4. The van der Waals surface area contributed by atoms with Crippen LogP contribution in [0, 0.1) is 37.5 Å². The van der Waals surface area contributed by atoms with Crippen LogP contribution in [0.25, 0.3) is 34.9 Å². The molecule has 4 aliphatic rings. The minimum atomic E-state index is -1.00. The second kappa shape index (κ2) is 10.6. The maximum atomic E-state index is 13.8. The van der Waals surface area contributed by atoms with Crippen LogP contribution in [0.3, 0.4) is 0 Å². The molecule has 0 saturated carbocycles. The molecule has 2 aromatic rings. The van der Waals surface area contributed by atoms with E-state index in [9.17, 15) is 9.59 Å². The largest absolute Gasteiger partial charge is 2.00 e. The molecule has 1 aliphatic carbocycles. The molecular formula is C33H34MgN4O3-2. The summed E-state index contributed by atoms with van der Waals surface area (Å²) in [4.78, 5) is 36.9. The number of allylic oxidation sites excluding steroid dienone is 3. The summed E-state index contributed by atoms with van der Waals surface area (Å²) in [5.41, 5.74) is 9.70. The first-order valence-electron chi connectivity index (χ1n) is 14.0. The zero-order chi connectivity index (χ0) is 28.6. The Labute approximate surface area is 257 Å². The van der Waals surface area contributed by atoms with Crippen molar-refractivity contribution in [2.75, 3.05) is 7.11 Å². The molecule has 0 spiro atoms. The standard InChI is InChI=1S/C33H34N4O3.Mg/c1-9-19-16(5)22-11-21-14(3)15(4)30(36-21)28-29(33(39)40-8)32(38)27-18(7)24(37-31(27)28)13-26-20(10-2)17(6)23(35-26)12-25(19)34-22;/h9,11-15,27,29-30H,1,10H2,2-8H3;/q-4;+2/b21-11-,23-12-,26-13-;/t14-,15-,27+,29+,30?;/m0./s1. The van der Waals surface area contributed by atoms with Gasteiger partial charge in [0.2, 0.25) is 0 Å². The number of ketones is 1. The summed E-state index contributed by atoms with van der Waals surface area (Å²) in [5.74, 6) is -2.16. The fourth-order valence-corrected chi connectivity index (χ4v) is 6.82. The van der Waals surface area contributed by atoms with Crippen LogP contribution in [0.5, 0.6) is 0 Å². The van der Waals surface area contributed by atoms with Crippen molar-refractivity contribution in [2.24, 2.45) is 23.7 Å². The first-order valence-corrected chi connectivity index (χ1v) is 14.0. The number of carbonyl (C=O) groups excluding carboxylic acids is 2. The Hall–Kier alpha value is -3.23. The van der Waals surface area contributed by atoms with Gasteiger partial charge >= 0.3 is 29.0 Å². The summed E-state index contributed by atoms with van der Waals surface area (Å²) in [7, 11) is 1.33. The third-order valence-corrected chi connectivity index (χ3v) is 9.41.